The second-order valence-electron chi connectivity index (χ2n) is 2.56. The lowest BCUT2D eigenvalue weighted by atomic mass is 10.5. The predicted molar refractivity (Wildman–Crippen MR) is 62.3 cm³/mol. The van der Waals surface area contributed by atoms with Crippen molar-refractivity contribution in [1.82, 2.24) is 9.97 Å². The summed E-state index contributed by atoms with van der Waals surface area (Å²) in [6, 6.07) is 0. The number of nitrogens with one attached hydrogen (secondary N) is 2. The molecule has 0 bridgehead atoms. The van der Waals surface area contributed by atoms with Gasteiger partial charge < -0.3 is 10.6 Å². The van der Waals surface area contributed by atoms with Crippen molar-refractivity contribution < 1.29 is 0 Å². The summed E-state index contributed by atoms with van der Waals surface area (Å²) in [4.78, 5) is 10.7. The standard InChI is InChI=1S/C8H10N4S2/c1-9-7-11-3-5(13-7)6-4-12-8(10-2)14-6/h3-4H,1-2H3,(H,9,11)(H,10,12). The molecule has 2 rings (SSSR count). The van der Waals surface area contributed by atoms with Crippen LogP contribution in [0.4, 0.5) is 10.3 Å². The van der Waals surface area contributed by atoms with Gasteiger partial charge in [0, 0.05) is 26.5 Å². The van der Waals surface area contributed by atoms with Crippen LogP contribution in [0.2, 0.25) is 0 Å². The Morgan fingerprint density at radius 3 is 1.64 bits per heavy atom. The quantitative estimate of drug-likeness (QED) is 0.843. The molecule has 0 fully saturated rings. The molecule has 2 aromatic rings. The van der Waals surface area contributed by atoms with Crippen molar-refractivity contribution >= 4 is 32.9 Å². The molecule has 6 heteroatoms. The second kappa shape index (κ2) is 3.93. The fourth-order valence-corrected chi connectivity index (χ4v) is 2.61. The van der Waals surface area contributed by atoms with Crippen LogP contribution in [-0.4, -0.2) is 24.1 Å². The van der Waals surface area contributed by atoms with Gasteiger partial charge in [-0.25, -0.2) is 9.97 Å². The smallest absolute Gasteiger partial charge is 0.182 e. The highest BCUT2D eigenvalue weighted by Gasteiger charge is 2.06. The van der Waals surface area contributed by atoms with Gasteiger partial charge in [0.2, 0.25) is 0 Å². The fraction of sp³-hybridized carbons (Fsp3) is 0.250. The van der Waals surface area contributed by atoms with E-state index in [4.69, 9.17) is 0 Å². The maximum absolute atomic E-state index is 4.21. The Balaban J connectivity index is 2.29. The Hall–Kier alpha value is -1.14. The summed E-state index contributed by atoms with van der Waals surface area (Å²) in [5.41, 5.74) is 0. The average molecular weight is 226 g/mol. The van der Waals surface area contributed by atoms with Gasteiger partial charge in [-0.15, -0.1) is 0 Å². The van der Waals surface area contributed by atoms with E-state index in [2.05, 4.69) is 20.6 Å². The molecule has 0 aliphatic heterocycles. The lowest BCUT2D eigenvalue weighted by molar-refractivity contribution is 1.36. The summed E-state index contributed by atoms with van der Waals surface area (Å²) < 4.78 is 0. The predicted octanol–water partition coefficient (Wildman–Crippen LogP) is 2.35. The molecule has 0 atom stereocenters. The summed E-state index contributed by atoms with van der Waals surface area (Å²) in [5, 5.41) is 7.89. The molecule has 0 spiro atoms. The molecule has 0 aliphatic carbocycles. The van der Waals surface area contributed by atoms with E-state index in [9.17, 15) is 0 Å². The molecule has 4 nitrogen and oxygen atoms in total. The van der Waals surface area contributed by atoms with Gasteiger partial charge in [0.25, 0.3) is 0 Å². The minimum absolute atomic E-state index is 0.930. The first-order valence-corrected chi connectivity index (χ1v) is 5.74. The van der Waals surface area contributed by atoms with Gasteiger partial charge in [-0.2, -0.15) is 0 Å². The minimum Gasteiger partial charge on any atom is -0.365 e. The van der Waals surface area contributed by atoms with Gasteiger partial charge in [-0.1, -0.05) is 22.7 Å². The monoisotopic (exact) mass is 226 g/mol. The van der Waals surface area contributed by atoms with E-state index in [1.165, 1.54) is 0 Å². The zero-order valence-electron chi connectivity index (χ0n) is 7.87. The summed E-state index contributed by atoms with van der Waals surface area (Å²) in [7, 11) is 3.74. The molecule has 2 aromatic heterocycles. The first kappa shape index (κ1) is 9.42. The van der Waals surface area contributed by atoms with Crippen LogP contribution in [0.3, 0.4) is 0 Å². The second-order valence-corrected chi connectivity index (χ2v) is 4.62. The van der Waals surface area contributed by atoms with Gasteiger partial charge in [0.05, 0.1) is 9.75 Å². The molecule has 2 heterocycles. The van der Waals surface area contributed by atoms with E-state index in [-0.39, 0.29) is 0 Å². The highest BCUT2D eigenvalue weighted by atomic mass is 32.1. The molecular weight excluding hydrogens is 216 g/mol. The molecule has 0 aliphatic rings. The normalized spacial score (nSPS) is 10.1. The molecule has 0 saturated heterocycles. The SMILES string of the molecule is CNc1ncc(-c2cnc(NC)s2)s1. The minimum atomic E-state index is 0.930. The zero-order valence-corrected chi connectivity index (χ0v) is 9.50. The first-order chi connectivity index (χ1) is 6.83. The van der Waals surface area contributed by atoms with Crippen LogP contribution in [0.25, 0.3) is 9.75 Å². The molecule has 74 valence electrons. The molecule has 0 amide bonds. The van der Waals surface area contributed by atoms with Crippen LogP contribution < -0.4 is 10.6 Å². The first-order valence-electron chi connectivity index (χ1n) is 4.11. The van der Waals surface area contributed by atoms with Crippen LogP contribution in [0.1, 0.15) is 0 Å². The van der Waals surface area contributed by atoms with E-state index in [1.54, 1.807) is 22.7 Å². The largest absolute Gasteiger partial charge is 0.365 e. The van der Waals surface area contributed by atoms with Gasteiger partial charge in [0.1, 0.15) is 0 Å². The Morgan fingerprint density at radius 2 is 1.36 bits per heavy atom. The zero-order chi connectivity index (χ0) is 9.97. The van der Waals surface area contributed by atoms with Gasteiger partial charge in [-0.05, 0) is 0 Å². The number of thiazole rings is 2. The number of aromatic nitrogens is 2. The van der Waals surface area contributed by atoms with Crippen LogP contribution in [0, 0.1) is 0 Å². The summed E-state index contributed by atoms with van der Waals surface area (Å²) in [6.07, 6.45) is 3.73. The average Bonchev–Trinajstić information content (AvgIpc) is 2.86. The Kier molecular flexibility index (Phi) is 2.64. The Labute approximate surface area is 90.0 Å². The molecule has 0 unspecified atom stereocenters. The number of hydrogen-bond donors (Lipinski definition) is 2. The van der Waals surface area contributed by atoms with Gasteiger partial charge in [-0.3, -0.25) is 0 Å². The molecule has 0 saturated carbocycles. The Bertz CT molecular complexity index is 380. The highest BCUT2D eigenvalue weighted by molar-refractivity contribution is 7.25. The van der Waals surface area contributed by atoms with Crippen LogP contribution >= 0.6 is 22.7 Å². The van der Waals surface area contributed by atoms with Crippen molar-refractivity contribution in [3.63, 3.8) is 0 Å². The van der Waals surface area contributed by atoms with Crippen molar-refractivity contribution in [2.24, 2.45) is 0 Å². The lowest BCUT2D eigenvalue weighted by Crippen LogP contribution is -1.83. The van der Waals surface area contributed by atoms with Crippen LogP contribution in [0.15, 0.2) is 12.4 Å². The fourth-order valence-electron chi connectivity index (χ4n) is 1.01. The summed E-state index contributed by atoms with van der Waals surface area (Å²) in [5.74, 6) is 0. The summed E-state index contributed by atoms with van der Waals surface area (Å²) >= 11 is 3.26. The van der Waals surface area contributed by atoms with Crippen molar-refractivity contribution in [3.05, 3.63) is 12.4 Å². The molecule has 0 radical (unpaired) electrons. The maximum atomic E-state index is 4.21. The van der Waals surface area contributed by atoms with Crippen molar-refractivity contribution in [1.29, 1.82) is 0 Å². The third-order valence-corrected chi connectivity index (χ3v) is 3.91. The number of nitrogens with zero attached hydrogens (tertiary/aromatic N) is 2. The maximum Gasteiger partial charge on any atom is 0.182 e. The van der Waals surface area contributed by atoms with Crippen LogP contribution in [-0.2, 0) is 0 Å². The number of anilines is 2. The van der Waals surface area contributed by atoms with Gasteiger partial charge in [0.15, 0.2) is 10.3 Å². The third-order valence-electron chi connectivity index (χ3n) is 1.68. The molecule has 0 aromatic carbocycles. The Morgan fingerprint density at radius 1 is 0.929 bits per heavy atom. The van der Waals surface area contributed by atoms with E-state index in [0.29, 0.717) is 0 Å². The highest BCUT2D eigenvalue weighted by Crippen LogP contribution is 2.34. The van der Waals surface area contributed by atoms with Gasteiger partial charge >= 0.3 is 0 Å². The molecule has 14 heavy (non-hydrogen) atoms. The van der Waals surface area contributed by atoms with Crippen molar-refractivity contribution in [2.45, 2.75) is 0 Å². The van der Waals surface area contributed by atoms with E-state index >= 15 is 0 Å². The van der Waals surface area contributed by atoms with Crippen molar-refractivity contribution in [2.75, 3.05) is 24.7 Å². The van der Waals surface area contributed by atoms with Crippen molar-refractivity contribution in [3.8, 4) is 9.75 Å². The van der Waals surface area contributed by atoms with E-state index in [1.807, 2.05) is 26.5 Å². The van der Waals surface area contributed by atoms with E-state index < -0.39 is 0 Å². The number of hydrogen-bond acceptors (Lipinski definition) is 6. The topological polar surface area (TPSA) is 49.8 Å². The number of rotatable bonds is 3. The third kappa shape index (κ3) is 1.71. The van der Waals surface area contributed by atoms with E-state index in [0.717, 1.165) is 20.0 Å². The molecular formula is C8H10N4S2. The molecule has 2 N–H and O–H groups in total. The van der Waals surface area contributed by atoms with Crippen LogP contribution in [0.5, 0.6) is 0 Å². The summed E-state index contributed by atoms with van der Waals surface area (Å²) in [6.45, 7) is 0. The lowest BCUT2D eigenvalue weighted by Gasteiger charge is -1.88.